The van der Waals surface area contributed by atoms with Crippen LogP contribution >= 0.6 is 0 Å². The molecule has 0 saturated carbocycles. The minimum atomic E-state index is -4.09. The van der Waals surface area contributed by atoms with Crippen molar-refractivity contribution in [1.29, 1.82) is 0 Å². The van der Waals surface area contributed by atoms with E-state index in [1.165, 1.54) is 24.3 Å². The molecule has 0 saturated heterocycles. The van der Waals surface area contributed by atoms with Crippen molar-refractivity contribution in [2.75, 3.05) is 0 Å². The molecule has 6 heteroatoms. The number of sulfonamides is 1. The molecule has 2 N–H and O–H groups in total. The smallest absolute Gasteiger partial charge is 0.225 e. The second-order valence-corrected chi connectivity index (χ2v) is 7.04. The molecule has 0 fully saturated rings. The summed E-state index contributed by atoms with van der Waals surface area (Å²) < 4.78 is 50.1. The van der Waals surface area contributed by atoms with E-state index in [-0.39, 0.29) is 5.82 Å². The van der Waals surface area contributed by atoms with Gasteiger partial charge < -0.3 is 0 Å². The molecule has 0 spiro atoms. The van der Waals surface area contributed by atoms with Gasteiger partial charge in [0.05, 0.1) is 0 Å². The topological polar surface area (TPSA) is 60.2 Å². The van der Waals surface area contributed by atoms with Gasteiger partial charge in [0, 0.05) is 0 Å². The fourth-order valence-corrected chi connectivity index (χ4v) is 3.56. The second-order valence-electron chi connectivity index (χ2n) is 5.51. The minimum absolute atomic E-state index is 0.322. The molecular weight excluding hydrogens is 320 g/mol. The first-order valence-corrected chi connectivity index (χ1v) is 8.71. The minimum Gasteiger partial charge on any atom is -0.225 e. The number of benzene rings is 2. The Morgan fingerprint density at radius 3 is 2.13 bits per heavy atom. The largest absolute Gasteiger partial charge is 0.240 e. The van der Waals surface area contributed by atoms with E-state index in [0.717, 1.165) is 36.0 Å². The average molecular weight is 335 g/mol. The van der Waals surface area contributed by atoms with Crippen LogP contribution in [0.5, 0.6) is 0 Å². The molecule has 0 amide bonds. The van der Waals surface area contributed by atoms with E-state index in [1.807, 2.05) is 6.07 Å². The van der Waals surface area contributed by atoms with Crippen molar-refractivity contribution in [1.82, 2.24) is 0 Å². The summed E-state index contributed by atoms with van der Waals surface area (Å²) in [6.07, 6.45) is 2.40. The molecule has 1 aliphatic carbocycles. The molecule has 120 valence electrons. The Balaban J connectivity index is 2.10. The molecule has 3 rings (SSSR count). The Morgan fingerprint density at radius 1 is 0.913 bits per heavy atom. The summed E-state index contributed by atoms with van der Waals surface area (Å²) >= 11 is 0. The molecule has 0 aliphatic heterocycles. The van der Waals surface area contributed by atoms with Crippen LogP contribution in [0.2, 0.25) is 0 Å². The van der Waals surface area contributed by atoms with Gasteiger partial charge in [-0.1, -0.05) is 18.2 Å². The van der Waals surface area contributed by atoms with Crippen molar-refractivity contribution in [3.63, 3.8) is 0 Å². The summed E-state index contributed by atoms with van der Waals surface area (Å²) in [4.78, 5) is -0.521. The van der Waals surface area contributed by atoms with E-state index in [9.17, 15) is 17.2 Å². The van der Waals surface area contributed by atoms with Crippen molar-refractivity contribution in [2.24, 2.45) is 5.14 Å². The van der Waals surface area contributed by atoms with Crippen LogP contribution in [0.3, 0.4) is 0 Å². The summed E-state index contributed by atoms with van der Waals surface area (Å²) in [5.41, 5.74) is 3.25. The van der Waals surface area contributed by atoms with Crippen molar-refractivity contribution >= 4 is 21.2 Å². The number of hydrogen-bond acceptors (Lipinski definition) is 2. The fraction of sp³-hybridized carbons (Fsp3) is 0.176. The maximum Gasteiger partial charge on any atom is 0.240 e. The second kappa shape index (κ2) is 5.86. The molecule has 1 aliphatic rings. The van der Waals surface area contributed by atoms with Gasteiger partial charge in [-0.3, -0.25) is 0 Å². The predicted molar refractivity (Wildman–Crippen MR) is 84.8 cm³/mol. The van der Waals surface area contributed by atoms with Crippen LogP contribution in [-0.4, -0.2) is 8.42 Å². The highest BCUT2D eigenvalue weighted by Crippen LogP contribution is 2.40. The van der Waals surface area contributed by atoms with E-state index in [2.05, 4.69) is 0 Å². The van der Waals surface area contributed by atoms with Crippen molar-refractivity contribution in [3.05, 3.63) is 65.2 Å². The molecule has 0 radical (unpaired) electrons. The molecule has 0 unspecified atom stereocenters. The number of allylic oxidation sites excluding steroid dienone is 2. The Hall–Kier alpha value is -2.05. The van der Waals surface area contributed by atoms with Crippen LogP contribution < -0.4 is 5.14 Å². The zero-order valence-corrected chi connectivity index (χ0v) is 13.0. The molecule has 0 atom stereocenters. The van der Waals surface area contributed by atoms with Gasteiger partial charge >= 0.3 is 0 Å². The standard InChI is InChI=1S/C17H15F2NO2S/c18-13-4-1-3-11(9-13)14-5-2-6-15(14)12-7-8-17(16(19)10-12)23(20,21)22/h1,3-4,7-10H,2,5-6H2,(H2,20,21,22). The van der Waals surface area contributed by atoms with Gasteiger partial charge in [0.1, 0.15) is 16.5 Å². The Kier molecular flexibility index (Phi) is 4.04. The molecule has 23 heavy (non-hydrogen) atoms. The van der Waals surface area contributed by atoms with E-state index in [0.29, 0.717) is 5.56 Å². The van der Waals surface area contributed by atoms with Crippen LogP contribution in [0.4, 0.5) is 8.78 Å². The maximum atomic E-state index is 14.1. The molecule has 2 aromatic rings. The monoisotopic (exact) mass is 335 g/mol. The van der Waals surface area contributed by atoms with E-state index in [1.54, 1.807) is 12.1 Å². The van der Waals surface area contributed by atoms with Gasteiger partial charge in [-0.15, -0.1) is 0 Å². The van der Waals surface area contributed by atoms with Crippen LogP contribution in [0.15, 0.2) is 47.4 Å². The molecule has 2 aromatic carbocycles. The summed E-state index contributed by atoms with van der Waals surface area (Å²) in [5.74, 6) is -1.19. The average Bonchev–Trinajstić information content (AvgIpc) is 2.95. The van der Waals surface area contributed by atoms with Crippen LogP contribution in [0.1, 0.15) is 30.4 Å². The number of primary sulfonamides is 1. The van der Waals surface area contributed by atoms with E-state index in [4.69, 9.17) is 5.14 Å². The zero-order chi connectivity index (χ0) is 16.6. The Morgan fingerprint density at radius 2 is 1.57 bits per heavy atom. The van der Waals surface area contributed by atoms with Crippen LogP contribution in [0.25, 0.3) is 11.1 Å². The lowest BCUT2D eigenvalue weighted by Crippen LogP contribution is -2.14. The lowest BCUT2D eigenvalue weighted by Gasteiger charge is -2.10. The number of rotatable bonds is 3. The predicted octanol–water partition coefficient (Wildman–Crippen LogP) is 3.71. The van der Waals surface area contributed by atoms with E-state index < -0.39 is 20.7 Å². The van der Waals surface area contributed by atoms with Crippen LogP contribution in [-0.2, 0) is 10.0 Å². The first kappa shape index (κ1) is 15.8. The van der Waals surface area contributed by atoms with Gasteiger partial charge in [0.15, 0.2) is 0 Å². The quantitative estimate of drug-likeness (QED) is 0.929. The highest BCUT2D eigenvalue weighted by molar-refractivity contribution is 7.89. The first-order valence-electron chi connectivity index (χ1n) is 7.17. The maximum absolute atomic E-state index is 14.1. The molecule has 0 aromatic heterocycles. The van der Waals surface area contributed by atoms with Crippen molar-refractivity contribution < 1.29 is 17.2 Å². The Labute approximate surface area is 133 Å². The van der Waals surface area contributed by atoms with Crippen molar-refractivity contribution in [3.8, 4) is 0 Å². The normalized spacial score (nSPS) is 15.3. The molecular formula is C17H15F2NO2S. The lowest BCUT2D eigenvalue weighted by molar-refractivity contribution is 0.568. The summed E-state index contributed by atoms with van der Waals surface area (Å²) in [7, 11) is -4.09. The molecule has 3 nitrogen and oxygen atoms in total. The van der Waals surface area contributed by atoms with Crippen LogP contribution in [0, 0.1) is 11.6 Å². The third-order valence-corrected chi connectivity index (χ3v) is 4.92. The number of nitrogens with two attached hydrogens (primary N) is 1. The highest BCUT2D eigenvalue weighted by atomic mass is 32.2. The number of halogens is 2. The van der Waals surface area contributed by atoms with Gasteiger partial charge in [-0.2, -0.15) is 0 Å². The number of hydrogen-bond donors (Lipinski definition) is 1. The highest BCUT2D eigenvalue weighted by Gasteiger charge is 2.21. The summed E-state index contributed by atoms with van der Waals surface area (Å²) in [6, 6.07) is 10.2. The summed E-state index contributed by atoms with van der Waals surface area (Å²) in [5, 5.41) is 4.97. The third-order valence-electron chi connectivity index (χ3n) is 3.98. The van der Waals surface area contributed by atoms with Gasteiger partial charge in [-0.25, -0.2) is 22.3 Å². The Bertz CT molecular complexity index is 905. The fourth-order valence-electron chi connectivity index (χ4n) is 2.98. The first-order chi connectivity index (χ1) is 10.9. The lowest BCUT2D eigenvalue weighted by atomic mass is 9.97. The SMILES string of the molecule is NS(=O)(=O)c1ccc(C2=C(c3cccc(F)c3)CCC2)cc1F. The summed E-state index contributed by atoms with van der Waals surface area (Å²) in [6.45, 7) is 0. The third kappa shape index (κ3) is 3.18. The molecule has 0 heterocycles. The van der Waals surface area contributed by atoms with Gasteiger partial charge in [0.2, 0.25) is 10.0 Å². The van der Waals surface area contributed by atoms with Gasteiger partial charge in [-0.05, 0) is 65.8 Å². The van der Waals surface area contributed by atoms with E-state index >= 15 is 0 Å². The zero-order valence-electron chi connectivity index (χ0n) is 12.2. The molecule has 0 bridgehead atoms. The van der Waals surface area contributed by atoms with Crippen molar-refractivity contribution in [2.45, 2.75) is 24.2 Å². The van der Waals surface area contributed by atoms with Gasteiger partial charge in [0.25, 0.3) is 0 Å².